The zero-order chi connectivity index (χ0) is 30.8. The molecule has 0 saturated carbocycles. The second kappa shape index (κ2) is 12.6. The number of alkyl halides is 3. The van der Waals surface area contributed by atoms with Crippen LogP contribution in [-0.4, -0.2) is 46.2 Å². The molecule has 1 saturated heterocycles. The van der Waals surface area contributed by atoms with Crippen LogP contribution in [0.3, 0.4) is 0 Å². The molecule has 0 spiro atoms. The Morgan fingerprint density at radius 1 is 1.14 bits per heavy atom. The molecule has 9 nitrogen and oxygen atoms in total. The maximum Gasteiger partial charge on any atom is 0.416 e. The van der Waals surface area contributed by atoms with Gasteiger partial charge in [0.25, 0.3) is 10.0 Å². The standard InChI is InChI=1S/C28H26ClF3N6O3S2/c1-17(21-5-2-3-13-33-21)35-27-36-20(15-22(37-27)18-7-9-19(10-8-18)28(30,31)32)16-34-26(39)23-6-4-14-38(23)43(40,41)25-12-11-24(29)42-25/h2-3,5,7-13,15,17,23H,4,6,14,16H2,1H3,(H,34,39)(H,35,36,37). The van der Waals surface area contributed by atoms with Crippen molar-refractivity contribution >= 4 is 44.8 Å². The summed E-state index contributed by atoms with van der Waals surface area (Å²) < 4.78 is 67.3. The van der Waals surface area contributed by atoms with Crippen LogP contribution in [0.2, 0.25) is 4.34 Å². The van der Waals surface area contributed by atoms with Crippen molar-refractivity contribution in [1.82, 2.24) is 24.6 Å². The van der Waals surface area contributed by atoms with E-state index < -0.39 is 33.7 Å². The Morgan fingerprint density at radius 2 is 1.91 bits per heavy atom. The van der Waals surface area contributed by atoms with Gasteiger partial charge in [-0.1, -0.05) is 29.8 Å². The van der Waals surface area contributed by atoms with Crippen LogP contribution in [-0.2, 0) is 27.5 Å². The summed E-state index contributed by atoms with van der Waals surface area (Å²) in [4.78, 5) is 26.6. The number of hydrogen-bond acceptors (Lipinski definition) is 8. The number of benzene rings is 1. The minimum absolute atomic E-state index is 0.0620. The van der Waals surface area contributed by atoms with E-state index in [0.717, 1.165) is 29.2 Å². The highest BCUT2D eigenvalue weighted by Crippen LogP contribution is 2.33. The topological polar surface area (TPSA) is 117 Å². The summed E-state index contributed by atoms with van der Waals surface area (Å²) in [5.74, 6) is -0.311. The molecule has 2 atom stereocenters. The number of aromatic nitrogens is 3. The molecule has 4 heterocycles. The zero-order valence-electron chi connectivity index (χ0n) is 22.7. The predicted octanol–water partition coefficient (Wildman–Crippen LogP) is 5.91. The quantitative estimate of drug-likeness (QED) is 0.231. The lowest BCUT2D eigenvalue weighted by Crippen LogP contribution is -2.45. The molecule has 1 aliphatic rings. The van der Waals surface area contributed by atoms with E-state index in [1.54, 1.807) is 18.3 Å². The lowest BCUT2D eigenvalue weighted by atomic mass is 10.1. The number of amides is 1. The SMILES string of the molecule is CC(Nc1nc(CNC(=O)C2CCCN2S(=O)(=O)c2ccc(Cl)s2)cc(-c2ccc(C(F)(F)F)cc2)n1)c1ccccn1. The fourth-order valence-electron chi connectivity index (χ4n) is 4.67. The van der Waals surface area contributed by atoms with Crippen molar-refractivity contribution in [3.63, 3.8) is 0 Å². The molecule has 15 heteroatoms. The third-order valence-electron chi connectivity index (χ3n) is 6.83. The molecular weight excluding hydrogens is 625 g/mol. The highest BCUT2D eigenvalue weighted by molar-refractivity contribution is 7.91. The fourth-order valence-corrected chi connectivity index (χ4v) is 7.94. The molecule has 2 N–H and O–H groups in total. The van der Waals surface area contributed by atoms with Gasteiger partial charge in [-0.3, -0.25) is 9.78 Å². The maximum atomic E-state index is 13.2. The molecule has 0 bridgehead atoms. The number of rotatable bonds is 9. The first kappa shape index (κ1) is 30.9. The van der Waals surface area contributed by atoms with Crippen LogP contribution in [0.1, 0.15) is 42.8 Å². The molecule has 43 heavy (non-hydrogen) atoms. The Balaban J connectivity index is 1.38. The summed E-state index contributed by atoms with van der Waals surface area (Å²) in [5.41, 5.74) is 1.05. The Morgan fingerprint density at radius 3 is 2.56 bits per heavy atom. The van der Waals surface area contributed by atoms with Crippen molar-refractivity contribution < 1.29 is 26.4 Å². The molecule has 5 rings (SSSR count). The molecule has 1 fully saturated rings. The second-order valence-corrected chi connectivity index (χ2v) is 13.6. The highest BCUT2D eigenvalue weighted by atomic mass is 35.5. The number of nitrogens with one attached hydrogen (secondary N) is 2. The lowest BCUT2D eigenvalue weighted by molar-refractivity contribution is -0.137. The Hall–Kier alpha value is -3.59. The van der Waals surface area contributed by atoms with Gasteiger partial charge in [0.1, 0.15) is 10.3 Å². The molecule has 3 aromatic heterocycles. The number of anilines is 1. The third-order valence-corrected chi connectivity index (χ3v) is 10.4. The van der Waals surface area contributed by atoms with E-state index in [4.69, 9.17) is 11.6 Å². The summed E-state index contributed by atoms with van der Waals surface area (Å²) in [5, 5.41) is 5.93. The van der Waals surface area contributed by atoms with Gasteiger partial charge in [-0.2, -0.15) is 17.5 Å². The summed E-state index contributed by atoms with van der Waals surface area (Å²) in [6.07, 6.45) is -1.98. The normalized spacial score (nSPS) is 16.6. The van der Waals surface area contributed by atoms with E-state index in [0.29, 0.717) is 34.1 Å². The van der Waals surface area contributed by atoms with E-state index in [1.807, 2.05) is 19.1 Å². The average Bonchev–Trinajstić information content (AvgIpc) is 3.66. The van der Waals surface area contributed by atoms with Crippen molar-refractivity contribution in [1.29, 1.82) is 0 Å². The summed E-state index contributed by atoms with van der Waals surface area (Å²) >= 11 is 6.86. The van der Waals surface area contributed by atoms with Gasteiger partial charge in [-0.15, -0.1) is 11.3 Å². The van der Waals surface area contributed by atoms with Crippen LogP contribution >= 0.6 is 22.9 Å². The monoisotopic (exact) mass is 650 g/mol. The van der Waals surface area contributed by atoms with E-state index >= 15 is 0 Å². The minimum atomic E-state index is -4.48. The Bertz CT molecular complexity index is 1700. The van der Waals surface area contributed by atoms with Crippen LogP contribution in [0.25, 0.3) is 11.3 Å². The van der Waals surface area contributed by atoms with E-state index in [-0.39, 0.29) is 29.3 Å². The maximum absolute atomic E-state index is 13.2. The minimum Gasteiger partial charge on any atom is -0.349 e. The first-order chi connectivity index (χ1) is 20.4. The molecule has 0 radical (unpaired) electrons. The van der Waals surface area contributed by atoms with Crippen LogP contribution < -0.4 is 10.6 Å². The Labute approximate surface area is 255 Å². The van der Waals surface area contributed by atoms with Crippen LogP contribution in [0.5, 0.6) is 0 Å². The van der Waals surface area contributed by atoms with Crippen LogP contribution in [0.4, 0.5) is 19.1 Å². The van der Waals surface area contributed by atoms with Gasteiger partial charge >= 0.3 is 6.18 Å². The number of pyridine rings is 1. The number of nitrogens with zero attached hydrogens (tertiary/aromatic N) is 4. The zero-order valence-corrected chi connectivity index (χ0v) is 25.1. The number of hydrogen-bond donors (Lipinski definition) is 2. The van der Waals surface area contributed by atoms with E-state index in [1.165, 1.54) is 28.6 Å². The average molecular weight is 651 g/mol. The van der Waals surface area contributed by atoms with E-state index in [9.17, 15) is 26.4 Å². The molecule has 4 aromatic rings. The fraction of sp³-hybridized carbons (Fsp3) is 0.286. The van der Waals surface area contributed by atoms with Gasteiger partial charge in [0.15, 0.2) is 0 Å². The van der Waals surface area contributed by atoms with Crippen LogP contribution in [0, 0.1) is 0 Å². The van der Waals surface area contributed by atoms with E-state index in [2.05, 4.69) is 25.6 Å². The molecule has 1 amide bonds. The number of thiophene rings is 1. The number of halogens is 4. The van der Waals surface area contributed by atoms with Gasteiger partial charge in [0.05, 0.1) is 39.6 Å². The molecular formula is C28H26ClF3N6O3S2. The lowest BCUT2D eigenvalue weighted by Gasteiger charge is -2.22. The third kappa shape index (κ3) is 7.15. The first-order valence-corrected chi connectivity index (χ1v) is 15.8. The highest BCUT2D eigenvalue weighted by Gasteiger charge is 2.40. The van der Waals surface area contributed by atoms with Crippen molar-refractivity contribution in [3.8, 4) is 11.3 Å². The van der Waals surface area contributed by atoms with Gasteiger partial charge in [-0.25, -0.2) is 18.4 Å². The Kier molecular flexibility index (Phi) is 9.02. The second-order valence-electron chi connectivity index (χ2n) is 9.81. The summed E-state index contributed by atoms with van der Waals surface area (Å²) in [7, 11) is -3.91. The molecule has 226 valence electrons. The predicted molar refractivity (Wildman–Crippen MR) is 157 cm³/mol. The van der Waals surface area contributed by atoms with Crippen molar-refractivity contribution in [2.24, 2.45) is 0 Å². The summed E-state index contributed by atoms with van der Waals surface area (Å²) in [6.45, 7) is 1.98. The molecule has 0 aliphatic carbocycles. The van der Waals surface area contributed by atoms with Crippen molar-refractivity contribution in [2.75, 3.05) is 11.9 Å². The molecule has 1 aliphatic heterocycles. The van der Waals surface area contributed by atoms with Gasteiger partial charge in [0, 0.05) is 18.3 Å². The van der Waals surface area contributed by atoms with Crippen molar-refractivity contribution in [2.45, 2.75) is 48.8 Å². The molecule has 1 aromatic carbocycles. The summed E-state index contributed by atoms with van der Waals surface area (Å²) in [6, 6.07) is 13.3. The smallest absolute Gasteiger partial charge is 0.349 e. The number of carbonyl (C=O) groups excluding carboxylic acids is 1. The van der Waals surface area contributed by atoms with Gasteiger partial charge in [-0.05, 0) is 62.2 Å². The van der Waals surface area contributed by atoms with Crippen LogP contribution in [0.15, 0.2) is 71.1 Å². The molecule has 2 unspecified atom stereocenters. The number of carbonyl (C=O) groups is 1. The number of sulfonamides is 1. The van der Waals surface area contributed by atoms with Gasteiger partial charge < -0.3 is 10.6 Å². The van der Waals surface area contributed by atoms with Gasteiger partial charge in [0.2, 0.25) is 11.9 Å². The first-order valence-electron chi connectivity index (χ1n) is 13.2. The van der Waals surface area contributed by atoms with Crippen molar-refractivity contribution in [3.05, 3.63) is 88.1 Å². The largest absolute Gasteiger partial charge is 0.416 e.